The molecular formula is C37H36ClF2N3O4S. The number of pyridine rings is 1. The lowest BCUT2D eigenvalue weighted by Gasteiger charge is -2.18. The first-order valence-electron chi connectivity index (χ1n) is 15.5. The van der Waals surface area contributed by atoms with E-state index < -0.39 is 34.5 Å². The van der Waals surface area contributed by atoms with Gasteiger partial charge in [0.2, 0.25) is 5.43 Å². The summed E-state index contributed by atoms with van der Waals surface area (Å²) in [7, 11) is 1.94. The summed E-state index contributed by atoms with van der Waals surface area (Å²) in [6, 6.07) is 20.7. The first-order valence-corrected chi connectivity index (χ1v) is 16.3. The van der Waals surface area contributed by atoms with Crippen LogP contribution in [-0.2, 0) is 24.4 Å². The van der Waals surface area contributed by atoms with Gasteiger partial charge in [-0.25, -0.2) is 8.78 Å². The summed E-state index contributed by atoms with van der Waals surface area (Å²) < 4.78 is 31.4. The average molecular weight is 692 g/mol. The third-order valence-electron chi connectivity index (χ3n) is 8.46. The molecule has 11 heteroatoms. The van der Waals surface area contributed by atoms with Crippen LogP contribution in [0.2, 0.25) is 0 Å². The highest BCUT2D eigenvalue weighted by molar-refractivity contribution is 7.22. The highest BCUT2D eigenvalue weighted by Crippen LogP contribution is 2.40. The predicted octanol–water partition coefficient (Wildman–Crippen LogP) is 7.41. The molecule has 0 radical (unpaired) electrons. The second-order valence-electron chi connectivity index (χ2n) is 12.5. The van der Waals surface area contributed by atoms with Crippen molar-refractivity contribution in [2.45, 2.75) is 51.9 Å². The Balaban J connectivity index is 0.00000451. The van der Waals surface area contributed by atoms with Crippen LogP contribution in [0.3, 0.4) is 0 Å². The number of carbonyl (C=O) groups is 2. The number of Topliss-reactive ketones (excluding diaryl/α,β-unsaturated/α-hetero) is 1. The molecule has 0 aliphatic heterocycles. The van der Waals surface area contributed by atoms with Crippen molar-refractivity contribution in [1.29, 1.82) is 0 Å². The summed E-state index contributed by atoms with van der Waals surface area (Å²) in [6.45, 7) is 4.13. The lowest BCUT2D eigenvalue weighted by Crippen LogP contribution is -2.29. The Morgan fingerprint density at radius 2 is 1.60 bits per heavy atom. The maximum absolute atomic E-state index is 14.9. The van der Waals surface area contributed by atoms with E-state index in [1.165, 1.54) is 35.7 Å². The van der Waals surface area contributed by atoms with Gasteiger partial charge in [0.1, 0.15) is 22.1 Å². The topological polar surface area (TPSA) is 91.6 Å². The van der Waals surface area contributed by atoms with Gasteiger partial charge in [-0.1, -0.05) is 62.4 Å². The molecule has 0 spiro atoms. The summed E-state index contributed by atoms with van der Waals surface area (Å²) in [5, 5.41) is 13.3. The molecule has 0 unspecified atom stereocenters. The number of carbonyl (C=O) groups excluding carboxylic acids is 2. The fraction of sp³-hybridized carbons (Fsp3) is 0.270. The van der Waals surface area contributed by atoms with Gasteiger partial charge in [-0.3, -0.25) is 19.3 Å². The number of amides is 1. The molecule has 6 rings (SSSR count). The van der Waals surface area contributed by atoms with Crippen LogP contribution in [0.5, 0.6) is 0 Å². The number of rotatable bonds is 11. The summed E-state index contributed by atoms with van der Waals surface area (Å²) >= 11 is 1.31. The van der Waals surface area contributed by atoms with Gasteiger partial charge in [-0.05, 0) is 60.8 Å². The van der Waals surface area contributed by atoms with Crippen molar-refractivity contribution in [2.75, 3.05) is 12.4 Å². The zero-order chi connectivity index (χ0) is 33.5. The van der Waals surface area contributed by atoms with Crippen molar-refractivity contribution >= 4 is 51.3 Å². The number of nitrogens with zero attached hydrogens (tertiary/aromatic N) is 2. The maximum Gasteiger partial charge on any atom is 0.256 e. The van der Waals surface area contributed by atoms with Crippen molar-refractivity contribution in [3.63, 3.8) is 0 Å². The van der Waals surface area contributed by atoms with Crippen LogP contribution >= 0.6 is 23.7 Å². The molecule has 2 N–H and O–H groups in total. The molecule has 1 aliphatic rings. The van der Waals surface area contributed by atoms with E-state index >= 15 is 0 Å². The normalized spacial score (nSPS) is 13.5. The molecule has 0 atom stereocenters. The Hall–Kier alpha value is -4.22. The minimum absolute atomic E-state index is 0. The van der Waals surface area contributed by atoms with Gasteiger partial charge >= 0.3 is 0 Å². The van der Waals surface area contributed by atoms with E-state index in [9.17, 15) is 28.3 Å². The van der Waals surface area contributed by atoms with Crippen LogP contribution in [0.4, 0.5) is 14.5 Å². The molecule has 48 heavy (non-hydrogen) atoms. The first kappa shape index (κ1) is 35.1. The third-order valence-corrected chi connectivity index (χ3v) is 9.78. The molecule has 7 nitrogen and oxygen atoms in total. The molecule has 250 valence electrons. The number of fused-ring (bicyclic) bond motifs is 1. The monoisotopic (exact) mass is 691 g/mol. The number of aromatic nitrogens is 1. The van der Waals surface area contributed by atoms with E-state index in [1.54, 1.807) is 30.5 Å². The minimum atomic E-state index is -1.32. The number of thiophene rings is 1. The number of benzene rings is 3. The van der Waals surface area contributed by atoms with E-state index in [0.717, 1.165) is 16.0 Å². The summed E-state index contributed by atoms with van der Waals surface area (Å²) in [4.78, 5) is 43.3. The van der Waals surface area contributed by atoms with Gasteiger partial charge in [0.15, 0.2) is 5.78 Å². The molecule has 1 saturated carbocycles. The highest BCUT2D eigenvalue weighted by atomic mass is 35.5. The molecule has 1 fully saturated rings. The van der Waals surface area contributed by atoms with E-state index in [-0.39, 0.29) is 35.9 Å². The number of hydrogen-bond donors (Lipinski definition) is 2. The van der Waals surface area contributed by atoms with Gasteiger partial charge in [-0.2, -0.15) is 0 Å². The second kappa shape index (κ2) is 14.1. The molecule has 0 saturated heterocycles. The number of anilines is 1. The number of hydrogen-bond acceptors (Lipinski definition) is 6. The van der Waals surface area contributed by atoms with Crippen molar-refractivity contribution < 1.29 is 23.5 Å². The third kappa shape index (κ3) is 7.12. The lowest BCUT2D eigenvalue weighted by atomic mass is 9.99. The number of aliphatic hydroxyl groups is 1. The first-order chi connectivity index (χ1) is 22.4. The Morgan fingerprint density at radius 3 is 2.21 bits per heavy atom. The van der Waals surface area contributed by atoms with Crippen LogP contribution in [0.25, 0.3) is 20.7 Å². The van der Waals surface area contributed by atoms with Crippen LogP contribution in [0.1, 0.15) is 53.7 Å². The van der Waals surface area contributed by atoms with Gasteiger partial charge in [0.25, 0.3) is 5.91 Å². The fourth-order valence-electron chi connectivity index (χ4n) is 5.66. The van der Waals surface area contributed by atoms with Crippen molar-refractivity contribution in [3.8, 4) is 10.4 Å². The molecule has 1 amide bonds. The fourth-order valence-corrected chi connectivity index (χ4v) is 6.95. The number of nitrogens with one attached hydrogen (secondary N) is 1. The van der Waals surface area contributed by atoms with Crippen LogP contribution in [0.15, 0.2) is 83.8 Å². The summed E-state index contributed by atoms with van der Waals surface area (Å²) in [5.41, 5.74) is 1.11. The molecular weight excluding hydrogens is 656 g/mol. The minimum Gasteiger partial charge on any atom is -0.380 e. The predicted molar refractivity (Wildman–Crippen MR) is 188 cm³/mol. The van der Waals surface area contributed by atoms with Crippen molar-refractivity contribution in [2.24, 2.45) is 5.92 Å². The van der Waals surface area contributed by atoms with Crippen LogP contribution in [0, 0.1) is 17.6 Å². The Bertz CT molecular complexity index is 2020. The van der Waals surface area contributed by atoms with Crippen molar-refractivity contribution in [1.82, 2.24) is 9.47 Å². The van der Waals surface area contributed by atoms with Gasteiger partial charge in [0.05, 0.1) is 17.5 Å². The molecule has 0 bridgehead atoms. The summed E-state index contributed by atoms with van der Waals surface area (Å²) in [5.74, 6) is -2.72. The maximum atomic E-state index is 14.9. The van der Waals surface area contributed by atoms with Crippen molar-refractivity contribution in [3.05, 3.63) is 123 Å². The number of halogens is 3. The molecule has 5 aromatic rings. The van der Waals surface area contributed by atoms with E-state index in [4.69, 9.17) is 0 Å². The van der Waals surface area contributed by atoms with E-state index in [1.807, 2.05) is 49.5 Å². The van der Waals surface area contributed by atoms with E-state index in [2.05, 4.69) is 10.2 Å². The Labute approximate surface area is 287 Å². The summed E-state index contributed by atoms with van der Waals surface area (Å²) in [6.07, 6.45) is 2.28. The Kier molecular flexibility index (Phi) is 10.3. The highest BCUT2D eigenvalue weighted by Gasteiger charge is 2.48. The molecule has 2 heterocycles. The smallest absolute Gasteiger partial charge is 0.256 e. The zero-order valence-electron chi connectivity index (χ0n) is 26.8. The standard InChI is InChI=1S/C37H35F2N3O4S.ClH/c1-22(2)32(43)28-21-42(20-26-29(38)10-7-11-30(26)39)35-31(33(28)44)27(19-41(3)18-23-8-5-4-6-9-23)34(47-35)24-12-14-25(15-13-24)40-36(45)37(46)16-17-37;/h4-15,21-22,46H,16-20H2,1-3H3,(H,40,45);1H. The van der Waals surface area contributed by atoms with Gasteiger partial charge in [0, 0.05) is 41.3 Å². The lowest BCUT2D eigenvalue weighted by molar-refractivity contribution is -0.125. The van der Waals surface area contributed by atoms with Crippen LogP contribution < -0.4 is 10.7 Å². The average Bonchev–Trinajstić information content (AvgIpc) is 3.70. The molecule has 1 aliphatic carbocycles. The Morgan fingerprint density at radius 1 is 0.958 bits per heavy atom. The molecule has 3 aromatic carbocycles. The van der Waals surface area contributed by atoms with Gasteiger partial charge in [-0.15, -0.1) is 23.7 Å². The largest absolute Gasteiger partial charge is 0.380 e. The van der Waals surface area contributed by atoms with Gasteiger partial charge < -0.3 is 15.0 Å². The molecule has 2 aromatic heterocycles. The van der Waals surface area contributed by atoms with Crippen LogP contribution in [-0.4, -0.2) is 38.9 Å². The second-order valence-corrected chi connectivity index (χ2v) is 13.5. The number of ketones is 1. The SMILES string of the molecule is CC(C)C(=O)c1cn(Cc2c(F)cccc2F)c2sc(-c3ccc(NC(=O)C4(O)CC4)cc3)c(CN(C)Cc3ccccc3)c2c1=O.Cl. The van der Waals surface area contributed by atoms with E-state index in [0.29, 0.717) is 47.4 Å². The quantitative estimate of drug-likeness (QED) is 0.141. The zero-order valence-corrected chi connectivity index (χ0v) is 28.4.